The number of rotatable bonds is 5. The maximum Gasteiger partial charge on any atom is 0.266 e. The Kier molecular flexibility index (Phi) is 5.46. The Morgan fingerprint density at radius 1 is 1.16 bits per heavy atom. The van der Waals surface area contributed by atoms with Crippen LogP contribution in [0.5, 0.6) is 0 Å². The number of carbonyl (C=O) groups excluding carboxylic acids is 2. The third-order valence-corrected chi connectivity index (χ3v) is 7.23. The first-order chi connectivity index (χ1) is 15.5. The van der Waals surface area contributed by atoms with Gasteiger partial charge in [0, 0.05) is 24.3 Å². The molecule has 1 fully saturated rings. The minimum absolute atomic E-state index is 0.00809. The van der Waals surface area contributed by atoms with Crippen LogP contribution in [0.1, 0.15) is 56.9 Å². The van der Waals surface area contributed by atoms with E-state index in [1.807, 2.05) is 36.9 Å². The van der Waals surface area contributed by atoms with E-state index in [9.17, 15) is 9.59 Å². The monoisotopic (exact) mass is 447 g/mol. The molecule has 7 nitrogen and oxygen atoms in total. The van der Waals surface area contributed by atoms with Crippen LogP contribution in [0.25, 0.3) is 0 Å². The predicted octanol–water partition coefficient (Wildman–Crippen LogP) is 3.66. The molecule has 0 N–H and O–H groups in total. The molecule has 2 aliphatic rings. The van der Waals surface area contributed by atoms with E-state index < -0.39 is 0 Å². The minimum atomic E-state index is -0.181. The molecule has 0 spiro atoms. The highest BCUT2D eigenvalue weighted by Gasteiger charge is 2.37. The van der Waals surface area contributed by atoms with Gasteiger partial charge in [0.2, 0.25) is 5.91 Å². The molecule has 2 aromatic heterocycles. The van der Waals surface area contributed by atoms with Gasteiger partial charge in [0.25, 0.3) is 5.91 Å². The maximum atomic E-state index is 13.2. The molecule has 2 aliphatic heterocycles. The normalized spacial score (nSPS) is 17.8. The molecule has 5 rings (SSSR count). The van der Waals surface area contributed by atoms with Crippen molar-refractivity contribution in [2.24, 2.45) is 0 Å². The highest BCUT2D eigenvalue weighted by molar-refractivity contribution is 7.11. The van der Waals surface area contributed by atoms with Crippen molar-refractivity contribution >= 4 is 29.0 Å². The Hall–Kier alpha value is -3.13. The molecule has 0 bridgehead atoms. The molecule has 1 saturated heterocycles. The Morgan fingerprint density at radius 2 is 1.97 bits per heavy atom. The zero-order valence-corrected chi connectivity index (χ0v) is 19.1. The highest BCUT2D eigenvalue weighted by atomic mass is 32.1. The molecule has 1 unspecified atom stereocenters. The molecular weight excluding hydrogens is 422 g/mol. The van der Waals surface area contributed by atoms with Gasteiger partial charge >= 0.3 is 0 Å². The summed E-state index contributed by atoms with van der Waals surface area (Å²) in [5.41, 5.74) is 5.39. The summed E-state index contributed by atoms with van der Waals surface area (Å²) in [7, 11) is 0. The highest BCUT2D eigenvalue weighted by Crippen LogP contribution is 2.36. The quantitative estimate of drug-likeness (QED) is 0.596. The van der Waals surface area contributed by atoms with Crippen LogP contribution >= 0.6 is 11.3 Å². The number of thiazole rings is 1. The zero-order chi connectivity index (χ0) is 22.2. The minimum Gasteiger partial charge on any atom is -0.328 e. The van der Waals surface area contributed by atoms with Gasteiger partial charge in [0.05, 0.1) is 23.7 Å². The lowest BCUT2D eigenvalue weighted by Gasteiger charge is -2.25. The van der Waals surface area contributed by atoms with E-state index in [2.05, 4.69) is 17.1 Å². The number of nitrogens with zero attached hydrogens (tertiary/aromatic N) is 5. The van der Waals surface area contributed by atoms with E-state index in [1.54, 1.807) is 10.4 Å². The van der Waals surface area contributed by atoms with Gasteiger partial charge in [-0.2, -0.15) is 0 Å². The molecular formula is C24H25N5O2S. The summed E-state index contributed by atoms with van der Waals surface area (Å²) < 4.78 is 0. The lowest BCUT2D eigenvalue weighted by molar-refractivity contribution is -0.117. The van der Waals surface area contributed by atoms with E-state index in [0.29, 0.717) is 36.0 Å². The van der Waals surface area contributed by atoms with Gasteiger partial charge < -0.3 is 4.90 Å². The van der Waals surface area contributed by atoms with Crippen molar-refractivity contribution in [2.45, 2.75) is 45.6 Å². The largest absolute Gasteiger partial charge is 0.328 e. The van der Waals surface area contributed by atoms with E-state index in [-0.39, 0.29) is 17.9 Å². The summed E-state index contributed by atoms with van der Waals surface area (Å²) in [6.07, 6.45) is 2.83. The summed E-state index contributed by atoms with van der Waals surface area (Å²) in [4.78, 5) is 44.2. The van der Waals surface area contributed by atoms with Crippen LogP contribution < -0.4 is 4.90 Å². The van der Waals surface area contributed by atoms with Gasteiger partial charge in [-0.3, -0.25) is 14.5 Å². The summed E-state index contributed by atoms with van der Waals surface area (Å²) in [6.45, 7) is 5.06. The number of hydrogen-bond donors (Lipinski definition) is 0. The van der Waals surface area contributed by atoms with Crippen LogP contribution in [0.2, 0.25) is 0 Å². The second-order valence-electron chi connectivity index (χ2n) is 8.35. The Morgan fingerprint density at radius 3 is 2.72 bits per heavy atom. The van der Waals surface area contributed by atoms with Crippen molar-refractivity contribution in [1.82, 2.24) is 19.9 Å². The average molecular weight is 448 g/mol. The number of carbonyl (C=O) groups is 2. The number of benzene rings is 1. The molecule has 2 amide bonds. The number of aromatic nitrogens is 3. The molecule has 4 heterocycles. The first kappa shape index (κ1) is 20.8. The van der Waals surface area contributed by atoms with Gasteiger partial charge in [-0.05, 0) is 38.7 Å². The van der Waals surface area contributed by atoms with E-state index in [4.69, 9.17) is 9.97 Å². The van der Waals surface area contributed by atoms with E-state index >= 15 is 0 Å². The lowest BCUT2D eigenvalue weighted by atomic mass is 10.1. The molecule has 1 aromatic carbocycles. The van der Waals surface area contributed by atoms with E-state index in [0.717, 1.165) is 36.2 Å². The number of hydrogen-bond acceptors (Lipinski definition) is 6. The second-order valence-corrected chi connectivity index (χ2v) is 9.21. The summed E-state index contributed by atoms with van der Waals surface area (Å²) in [6, 6.07) is 9.97. The Balaban J connectivity index is 1.43. The SMILES string of the molecule is Cc1ncsc1C(=O)N1CCCC1c1nc(C)c2c(n1)N(CCc1ccccc1)C(=O)C2. The van der Waals surface area contributed by atoms with Crippen LogP contribution in [0, 0.1) is 13.8 Å². The van der Waals surface area contributed by atoms with Crippen LogP contribution in [0.4, 0.5) is 5.82 Å². The third kappa shape index (κ3) is 3.68. The number of aryl methyl sites for hydroxylation is 2. The van der Waals surface area contributed by atoms with Crippen LogP contribution in [0.3, 0.4) is 0 Å². The van der Waals surface area contributed by atoms with Gasteiger partial charge in [0.1, 0.15) is 10.7 Å². The fraction of sp³-hybridized carbons (Fsp3) is 0.375. The van der Waals surface area contributed by atoms with Crippen molar-refractivity contribution in [3.63, 3.8) is 0 Å². The van der Waals surface area contributed by atoms with E-state index in [1.165, 1.54) is 16.9 Å². The molecule has 8 heteroatoms. The zero-order valence-electron chi connectivity index (χ0n) is 18.2. The topological polar surface area (TPSA) is 79.3 Å². The lowest BCUT2D eigenvalue weighted by Crippen LogP contribution is -2.32. The first-order valence-electron chi connectivity index (χ1n) is 11.0. The molecule has 32 heavy (non-hydrogen) atoms. The summed E-state index contributed by atoms with van der Waals surface area (Å²) in [5, 5.41) is 0. The van der Waals surface area contributed by atoms with Gasteiger partial charge in [-0.25, -0.2) is 15.0 Å². The summed E-state index contributed by atoms with van der Waals surface area (Å²) >= 11 is 1.37. The standard InChI is InChI=1S/C24H25N5O2S/c1-15-18-13-20(30)29(12-10-17-7-4-3-5-8-17)23(18)27-22(26-15)19-9-6-11-28(19)24(31)21-16(2)25-14-32-21/h3-5,7-8,14,19H,6,9-13H2,1-2H3. The Bertz CT molecular complexity index is 1180. The van der Waals surface area contributed by atoms with Crippen molar-refractivity contribution in [3.05, 3.63) is 69.1 Å². The number of anilines is 1. The number of fused-ring (bicyclic) bond motifs is 1. The average Bonchev–Trinajstić information content (AvgIpc) is 3.51. The molecule has 0 saturated carbocycles. The van der Waals surface area contributed by atoms with Crippen LogP contribution in [0.15, 0.2) is 35.8 Å². The molecule has 0 aliphatic carbocycles. The van der Waals surface area contributed by atoms with Gasteiger partial charge in [0.15, 0.2) is 5.82 Å². The molecule has 0 radical (unpaired) electrons. The molecule has 1 atom stereocenters. The smallest absolute Gasteiger partial charge is 0.266 e. The van der Waals surface area contributed by atoms with Crippen molar-refractivity contribution in [1.29, 1.82) is 0 Å². The summed E-state index contributed by atoms with van der Waals surface area (Å²) in [5.74, 6) is 1.40. The van der Waals surface area contributed by atoms with Crippen molar-refractivity contribution < 1.29 is 9.59 Å². The fourth-order valence-electron chi connectivity index (χ4n) is 4.58. The van der Waals surface area contributed by atoms with Crippen molar-refractivity contribution in [3.8, 4) is 0 Å². The van der Waals surface area contributed by atoms with Crippen LogP contribution in [-0.2, 0) is 17.6 Å². The first-order valence-corrected chi connectivity index (χ1v) is 11.8. The maximum absolute atomic E-state index is 13.2. The van der Waals surface area contributed by atoms with Gasteiger partial charge in [-0.1, -0.05) is 30.3 Å². The van der Waals surface area contributed by atoms with Gasteiger partial charge in [-0.15, -0.1) is 11.3 Å². The number of amides is 2. The Labute approximate surface area is 191 Å². The number of likely N-dealkylation sites (tertiary alicyclic amines) is 1. The predicted molar refractivity (Wildman–Crippen MR) is 123 cm³/mol. The molecule has 164 valence electrons. The third-order valence-electron chi connectivity index (χ3n) is 6.31. The fourth-order valence-corrected chi connectivity index (χ4v) is 5.34. The van der Waals surface area contributed by atoms with Crippen LogP contribution in [-0.4, -0.2) is 44.8 Å². The van der Waals surface area contributed by atoms with Crippen molar-refractivity contribution in [2.75, 3.05) is 18.0 Å². The second kappa shape index (κ2) is 8.43. The molecule has 3 aromatic rings.